The number of carbonyl (C=O) groups is 1. The number of carboxylic acid groups (broad SMARTS) is 1. The highest BCUT2D eigenvalue weighted by Gasteiger charge is 2.16. The van der Waals surface area contributed by atoms with Gasteiger partial charge in [0.1, 0.15) is 0 Å². The smallest absolute Gasteiger partial charge is 0.478 e. The number of aromatic carboxylic acids is 1. The zero-order valence-corrected chi connectivity index (χ0v) is 16.5. The Hall–Kier alpha value is -3.33. The molecule has 0 aliphatic heterocycles. The first kappa shape index (κ1) is 21.4. The molecule has 0 atom stereocenters. The monoisotopic (exact) mass is 403 g/mol. The van der Waals surface area contributed by atoms with Crippen LogP contribution in [0.5, 0.6) is 0 Å². The molecule has 8 heteroatoms. The van der Waals surface area contributed by atoms with Crippen LogP contribution >= 0.6 is 0 Å². The first-order valence-electron chi connectivity index (χ1n) is 9.39. The number of azo groups is 1. The van der Waals surface area contributed by atoms with E-state index in [9.17, 15) is 14.8 Å². The third-order valence-corrected chi connectivity index (χ3v) is 4.56. The zero-order valence-electron chi connectivity index (χ0n) is 16.5. The van der Waals surface area contributed by atoms with Crippen molar-refractivity contribution in [2.75, 3.05) is 7.05 Å². The largest absolute Gasteiger partial charge is 0.488 e. The molecule has 3 aromatic carbocycles. The van der Waals surface area contributed by atoms with Gasteiger partial charge in [-0.05, 0) is 60.0 Å². The molecule has 0 aliphatic rings. The summed E-state index contributed by atoms with van der Waals surface area (Å²) in [5.74, 6) is -0.977. The van der Waals surface area contributed by atoms with Crippen LogP contribution in [0.25, 0.3) is 0 Å². The van der Waals surface area contributed by atoms with E-state index in [1.165, 1.54) is 12.1 Å². The summed E-state index contributed by atoms with van der Waals surface area (Å²) in [6, 6.07) is 21.1. The predicted molar refractivity (Wildman–Crippen MR) is 115 cm³/mol. The Kier molecular flexibility index (Phi) is 7.08. The van der Waals surface area contributed by atoms with Gasteiger partial charge in [-0.25, -0.2) is 4.79 Å². The maximum Gasteiger partial charge on any atom is 0.488 e. The van der Waals surface area contributed by atoms with Gasteiger partial charge in [-0.15, -0.1) is 0 Å². The summed E-state index contributed by atoms with van der Waals surface area (Å²) >= 11 is 0. The van der Waals surface area contributed by atoms with Crippen LogP contribution in [0.3, 0.4) is 0 Å². The van der Waals surface area contributed by atoms with Gasteiger partial charge in [0.2, 0.25) is 0 Å². The fourth-order valence-electron chi connectivity index (χ4n) is 3.04. The lowest BCUT2D eigenvalue weighted by molar-refractivity contribution is 0.0697. The molecule has 0 radical (unpaired) electrons. The SMILES string of the molecule is CN(Cc1ccc(/N=N/c2ccc(C(=O)O)cc2)cc1)Cc1ccccc1B(O)O. The highest BCUT2D eigenvalue weighted by atomic mass is 16.4. The number of hydrogen-bond acceptors (Lipinski definition) is 6. The third-order valence-electron chi connectivity index (χ3n) is 4.56. The second kappa shape index (κ2) is 9.93. The molecule has 30 heavy (non-hydrogen) atoms. The van der Waals surface area contributed by atoms with Crippen LogP contribution in [0.2, 0.25) is 0 Å². The Labute approximate surface area is 175 Å². The highest BCUT2D eigenvalue weighted by molar-refractivity contribution is 6.59. The van der Waals surface area contributed by atoms with E-state index < -0.39 is 13.1 Å². The first-order chi connectivity index (χ1) is 14.4. The fourth-order valence-corrected chi connectivity index (χ4v) is 3.04. The van der Waals surface area contributed by atoms with E-state index in [1.54, 1.807) is 24.3 Å². The minimum atomic E-state index is -1.49. The minimum Gasteiger partial charge on any atom is -0.478 e. The fraction of sp³-hybridized carbons (Fsp3) is 0.136. The van der Waals surface area contributed by atoms with E-state index in [-0.39, 0.29) is 5.56 Å². The van der Waals surface area contributed by atoms with E-state index in [1.807, 2.05) is 43.4 Å². The minimum absolute atomic E-state index is 0.207. The molecule has 3 aromatic rings. The Morgan fingerprint density at radius 2 is 1.43 bits per heavy atom. The van der Waals surface area contributed by atoms with E-state index in [4.69, 9.17) is 5.11 Å². The summed E-state index contributed by atoms with van der Waals surface area (Å²) in [5, 5.41) is 36.2. The molecule has 152 valence electrons. The molecule has 0 saturated heterocycles. The molecule has 0 bridgehead atoms. The quantitative estimate of drug-likeness (QED) is 0.396. The maximum absolute atomic E-state index is 10.9. The molecule has 0 saturated carbocycles. The molecular weight excluding hydrogens is 381 g/mol. The average molecular weight is 403 g/mol. The predicted octanol–water partition coefficient (Wildman–Crippen LogP) is 3.11. The Bertz CT molecular complexity index is 1020. The first-order valence-corrected chi connectivity index (χ1v) is 9.39. The molecular formula is C22H22BN3O4. The van der Waals surface area contributed by atoms with Crippen molar-refractivity contribution in [3.05, 3.63) is 89.5 Å². The van der Waals surface area contributed by atoms with Gasteiger partial charge in [0, 0.05) is 13.1 Å². The third kappa shape index (κ3) is 5.84. The summed E-state index contributed by atoms with van der Waals surface area (Å²) in [5.41, 5.74) is 3.94. The van der Waals surface area contributed by atoms with Gasteiger partial charge in [0.25, 0.3) is 0 Å². The molecule has 0 aromatic heterocycles. The van der Waals surface area contributed by atoms with Crippen molar-refractivity contribution in [2.24, 2.45) is 10.2 Å². The number of benzene rings is 3. The van der Waals surface area contributed by atoms with E-state index in [0.29, 0.717) is 29.9 Å². The Morgan fingerprint density at radius 3 is 2.00 bits per heavy atom. The van der Waals surface area contributed by atoms with Gasteiger partial charge in [-0.1, -0.05) is 36.4 Å². The van der Waals surface area contributed by atoms with Crippen LogP contribution in [0.4, 0.5) is 11.4 Å². The van der Waals surface area contributed by atoms with Crippen LogP contribution < -0.4 is 5.46 Å². The molecule has 0 spiro atoms. The lowest BCUT2D eigenvalue weighted by Gasteiger charge is -2.19. The highest BCUT2D eigenvalue weighted by Crippen LogP contribution is 2.20. The standard InChI is InChI=1S/C22H22BN3O4/c1-26(15-18-4-2-3-5-21(18)23(29)30)14-16-6-10-19(11-7-16)24-25-20-12-8-17(9-13-20)22(27)28/h2-13,29-30H,14-15H2,1H3,(H,27,28)/b25-24+. The Balaban J connectivity index is 1.59. The van der Waals surface area contributed by atoms with E-state index >= 15 is 0 Å². The second-order valence-electron chi connectivity index (χ2n) is 6.96. The lowest BCUT2D eigenvalue weighted by Crippen LogP contribution is -2.34. The topological polar surface area (TPSA) is 106 Å². The summed E-state index contributed by atoms with van der Waals surface area (Å²) in [6.45, 7) is 1.27. The van der Waals surface area contributed by atoms with Gasteiger partial charge in [0.05, 0.1) is 16.9 Å². The van der Waals surface area contributed by atoms with Crippen LogP contribution in [0.1, 0.15) is 21.5 Å². The molecule has 0 amide bonds. The Morgan fingerprint density at radius 1 is 0.867 bits per heavy atom. The van der Waals surface area contributed by atoms with Crippen molar-refractivity contribution in [1.82, 2.24) is 4.90 Å². The maximum atomic E-state index is 10.9. The number of carboxylic acids is 1. The van der Waals surface area contributed by atoms with Gasteiger partial charge < -0.3 is 15.2 Å². The number of hydrogen-bond donors (Lipinski definition) is 3. The molecule has 3 rings (SSSR count). The lowest BCUT2D eigenvalue weighted by atomic mass is 9.77. The van der Waals surface area contributed by atoms with Crippen molar-refractivity contribution >= 4 is 29.9 Å². The molecule has 7 nitrogen and oxygen atoms in total. The van der Waals surface area contributed by atoms with Crippen molar-refractivity contribution in [3.8, 4) is 0 Å². The van der Waals surface area contributed by atoms with Crippen molar-refractivity contribution < 1.29 is 19.9 Å². The number of nitrogens with zero attached hydrogens (tertiary/aromatic N) is 3. The van der Waals surface area contributed by atoms with Gasteiger partial charge >= 0.3 is 13.1 Å². The van der Waals surface area contributed by atoms with Crippen molar-refractivity contribution in [1.29, 1.82) is 0 Å². The van der Waals surface area contributed by atoms with Crippen LogP contribution in [0, 0.1) is 0 Å². The summed E-state index contributed by atoms with van der Waals surface area (Å²) < 4.78 is 0. The summed E-state index contributed by atoms with van der Waals surface area (Å²) in [6.07, 6.45) is 0. The van der Waals surface area contributed by atoms with Gasteiger partial charge in [0.15, 0.2) is 0 Å². The second-order valence-corrected chi connectivity index (χ2v) is 6.96. The summed E-state index contributed by atoms with van der Waals surface area (Å²) in [7, 11) is 0.481. The zero-order chi connectivity index (χ0) is 21.5. The van der Waals surface area contributed by atoms with Crippen molar-refractivity contribution in [3.63, 3.8) is 0 Å². The molecule has 0 unspecified atom stereocenters. The number of rotatable bonds is 8. The van der Waals surface area contributed by atoms with Crippen LogP contribution in [-0.2, 0) is 13.1 Å². The molecule has 3 N–H and O–H groups in total. The average Bonchev–Trinajstić information content (AvgIpc) is 2.73. The van der Waals surface area contributed by atoms with Crippen LogP contribution in [0.15, 0.2) is 83.0 Å². The molecule has 0 heterocycles. The normalized spacial score (nSPS) is 11.2. The van der Waals surface area contributed by atoms with Gasteiger partial charge in [-0.3, -0.25) is 4.90 Å². The van der Waals surface area contributed by atoms with Crippen LogP contribution in [-0.4, -0.2) is 40.2 Å². The van der Waals surface area contributed by atoms with E-state index in [0.717, 1.165) is 11.1 Å². The molecule has 0 fully saturated rings. The summed E-state index contributed by atoms with van der Waals surface area (Å²) in [4.78, 5) is 13.0. The van der Waals surface area contributed by atoms with E-state index in [2.05, 4.69) is 15.1 Å². The van der Waals surface area contributed by atoms with Gasteiger partial charge in [-0.2, -0.15) is 10.2 Å². The molecule has 0 aliphatic carbocycles. The van der Waals surface area contributed by atoms with Crippen molar-refractivity contribution in [2.45, 2.75) is 13.1 Å².